The molecule has 76 valence electrons. The average Bonchev–Trinajstić information content (AvgIpc) is 2.37. The standard InChI is InChI=1S/C11H20O2/c1-8(2)11-6-5-10(4,13-11)9(3,12)7-11/h8,12H,5-7H2,1-4H3/t9-,10-,11+/m1/s1. The van der Waals surface area contributed by atoms with Gasteiger partial charge in [0.1, 0.15) is 0 Å². The molecule has 0 aromatic heterocycles. The minimum atomic E-state index is -0.629. The van der Waals surface area contributed by atoms with Crippen LogP contribution in [0.5, 0.6) is 0 Å². The summed E-state index contributed by atoms with van der Waals surface area (Å²) in [6, 6.07) is 0. The lowest BCUT2D eigenvalue weighted by Gasteiger charge is -2.36. The molecule has 0 aliphatic carbocycles. The van der Waals surface area contributed by atoms with Crippen LogP contribution in [-0.4, -0.2) is 21.9 Å². The summed E-state index contributed by atoms with van der Waals surface area (Å²) >= 11 is 0. The molecule has 0 radical (unpaired) electrons. The first-order valence-corrected chi connectivity index (χ1v) is 5.24. The molecule has 2 saturated heterocycles. The van der Waals surface area contributed by atoms with Gasteiger partial charge in [-0.2, -0.15) is 0 Å². The largest absolute Gasteiger partial charge is 0.387 e. The van der Waals surface area contributed by atoms with Crippen LogP contribution in [0.25, 0.3) is 0 Å². The number of fused-ring (bicyclic) bond motifs is 2. The van der Waals surface area contributed by atoms with Crippen molar-refractivity contribution in [2.75, 3.05) is 0 Å². The molecule has 3 atom stereocenters. The Morgan fingerprint density at radius 2 is 1.85 bits per heavy atom. The van der Waals surface area contributed by atoms with Crippen LogP contribution in [0, 0.1) is 5.92 Å². The highest BCUT2D eigenvalue weighted by Gasteiger charge is 2.65. The van der Waals surface area contributed by atoms with Crippen LogP contribution in [0.4, 0.5) is 0 Å². The predicted octanol–water partition coefficient (Wildman–Crippen LogP) is 2.11. The summed E-state index contributed by atoms with van der Waals surface area (Å²) in [7, 11) is 0. The van der Waals surface area contributed by atoms with Gasteiger partial charge in [-0.3, -0.25) is 0 Å². The Labute approximate surface area is 80.3 Å². The van der Waals surface area contributed by atoms with Gasteiger partial charge in [-0.15, -0.1) is 0 Å². The van der Waals surface area contributed by atoms with Crippen LogP contribution in [0.15, 0.2) is 0 Å². The van der Waals surface area contributed by atoms with Crippen molar-refractivity contribution < 1.29 is 9.84 Å². The van der Waals surface area contributed by atoms with E-state index in [9.17, 15) is 5.11 Å². The molecule has 0 aromatic carbocycles. The third-order valence-electron chi connectivity index (χ3n) is 4.29. The van der Waals surface area contributed by atoms with Gasteiger partial charge in [0.25, 0.3) is 0 Å². The third-order valence-corrected chi connectivity index (χ3v) is 4.29. The minimum absolute atomic E-state index is 0.0434. The van der Waals surface area contributed by atoms with Crippen molar-refractivity contribution in [3.63, 3.8) is 0 Å². The molecule has 0 spiro atoms. The highest BCUT2D eigenvalue weighted by atomic mass is 16.6. The zero-order valence-corrected chi connectivity index (χ0v) is 9.05. The Balaban J connectivity index is 2.33. The van der Waals surface area contributed by atoms with Gasteiger partial charge in [0.05, 0.1) is 16.8 Å². The summed E-state index contributed by atoms with van der Waals surface area (Å²) in [5.74, 6) is 0.503. The quantitative estimate of drug-likeness (QED) is 0.676. The highest BCUT2D eigenvalue weighted by Crippen LogP contribution is 2.58. The zero-order valence-electron chi connectivity index (χ0n) is 9.05. The lowest BCUT2D eigenvalue weighted by atomic mass is 9.69. The molecular formula is C11H20O2. The minimum Gasteiger partial charge on any atom is -0.387 e. The van der Waals surface area contributed by atoms with E-state index in [4.69, 9.17) is 4.74 Å². The van der Waals surface area contributed by atoms with E-state index < -0.39 is 5.60 Å². The SMILES string of the molecule is CC(C)[C@@]12CC[C@@](C)(O1)[C@](C)(O)C2. The van der Waals surface area contributed by atoms with E-state index in [1.165, 1.54) is 0 Å². The molecule has 2 rings (SSSR count). The zero-order chi connectivity index (χ0) is 9.91. The average molecular weight is 184 g/mol. The molecule has 0 amide bonds. The lowest BCUT2D eigenvalue weighted by Crippen LogP contribution is -2.47. The monoisotopic (exact) mass is 184 g/mol. The molecule has 2 heteroatoms. The molecule has 2 nitrogen and oxygen atoms in total. The number of rotatable bonds is 1. The summed E-state index contributed by atoms with van der Waals surface area (Å²) in [5, 5.41) is 10.2. The first-order valence-electron chi connectivity index (χ1n) is 5.24. The number of hydrogen-bond acceptors (Lipinski definition) is 2. The lowest BCUT2D eigenvalue weighted by molar-refractivity contribution is -0.108. The Morgan fingerprint density at radius 3 is 2.08 bits per heavy atom. The molecular weight excluding hydrogens is 164 g/mol. The van der Waals surface area contributed by atoms with Crippen LogP contribution >= 0.6 is 0 Å². The van der Waals surface area contributed by atoms with Crippen molar-refractivity contribution in [1.29, 1.82) is 0 Å². The van der Waals surface area contributed by atoms with Crippen LogP contribution in [0.2, 0.25) is 0 Å². The molecule has 0 unspecified atom stereocenters. The third kappa shape index (κ3) is 1.02. The maximum atomic E-state index is 10.2. The van der Waals surface area contributed by atoms with E-state index in [1.807, 2.05) is 13.8 Å². The summed E-state index contributed by atoms with van der Waals surface area (Å²) in [5.41, 5.74) is -0.967. The second-order valence-corrected chi connectivity index (χ2v) is 5.50. The van der Waals surface area contributed by atoms with E-state index >= 15 is 0 Å². The van der Waals surface area contributed by atoms with Crippen molar-refractivity contribution in [3.8, 4) is 0 Å². The maximum Gasteiger partial charge on any atom is 0.0947 e. The van der Waals surface area contributed by atoms with Gasteiger partial charge in [-0.05, 0) is 32.6 Å². The van der Waals surface area contributed by atoms with E-state index in [0.29, 0.717) is 5.92 Å². The molecule has 1 N–H and O–H groups in total. The van der Waals surface area contributed by atoms with E-state index in [2.05, 4.69) is 13.8 Å². The summed E-state index contributed by atoms with van der Waals surface area (Å²) in [4.78, 5) is 0. The molecule has 2 aliphatic rings. The summed E-state index contributed by atoms with van der Waals surface area (Å²) in [6.07, 6.45) is 2.91. The molecule has 2 fully saturated rings. The fraction of sp³-hybridized carbons (Fsp3) is 1.00. The molecule has 2 heterocycles. The Hall–Kier alpha value is -0.0800. The number of aliphatic hydroxyl groups is 1. The second-order valence-electron chi connectivity index (χ2n) is 5.50. The Morgan fingerprint density at radius 1 is 1.23 bits per heavy atom. The van der Waals surface area contributed by atoms with Crippen molar-refractivity contribution in [2.24, 2.45) is 5.92 Å². The van der Waals surface area contributed by atoms with Gasteiger partial charge < -0.3 is 9.84 Å². The number of ether oxygens (including phenoxy) is 1. The van der Waals surface area contributed by atoms with Crippen LogP contribution in [0.1, 0.15) is 47.0 Å². The van der Waals surface area contributed by atoms with Gasteiger partial charge in [-0.25, -0.2) is 0 Å². The molecule has 13 heavy (non-hydrogen) atoms. The van der Waals surface area contributed by atoms with Gasteiger partial charge in [0.2, 0.25) is 0 Å². The van der Waals surface area contributed by atoms with Crippen molar-refractivity contribution in [2.45, 2.75) is 63.8 Å². The van der Waals surface area contributed by atoms with Gasteiger partial charge >= 0.3 is 0 Å². The predicted molar refractivity (Wildman–Crippen MR) is 51.5 cm³/mol. The van der Waals surface area contributed by atoms with Gasteiger partial charge in [0.15, 0.2) is 0 Å². The van der Waals surface area contributed by atoms with Crippen LogP contribution in [-0.2, 0) is 4.74 Å². The van der Waals surface area contributed by atoms with Gasteiger partial charge in [-0.1, -0.05) is 13.8 Å². The van der Waals surface area contributed by atoms with E-state index in [-0.39, 0.29) is 11.2 Å². The van der Waals surface area contributed by atoms with Gasteiger partial charge in [0, 0.05) is 6.42 Å². The van der Waals surface area contributed by atoms with Crippen LogP contribution < -0.4 is 0 Å². The Kier molecular flexibility index (Phi) is 1.67. The highest BCUT2D eigenvalue weighted by molar-refractivity contribution is 5.15. The smallest absolute Gasteiger partial charge is 0.0947 e. The molecule has 2 aliphatic heterocycles. The van der Waals surface area contributed by atoms with Crippen molar-refractivity contribution in [1.82, 2.24) is 0 Å². The molecule has 2 bridgehead atoms. The van der Waals surface area contributed by atoms with Crippen molar-refractivity contribution in [3.05, 3.63) is 0 Å². The second kappa shape index (κ2) is 2.29. The normalized spacial score (nSPS) is 54.9. The molecule has 0 aromatic rings. The van der Waals surface area contributed by atoms with E-state index in [0.717, 1.165) is 19.3 Å². The maximum absolute atomic E-state index is 10.2. The Bertz CT molecular complexity index is 230. The fourth-order valence-corrected chi connectivity index (χ4v) is 2.88. The summed E-state index contributed by atoms with van der Waals surface area (Å²) in [6.45, 7) is 8.33. The topological polar surface area (TPSA) is 29.5 Å². The van der Waals surface area contributed by atoms with Crippen molar-refractivity contribution >= 4 is 0 Å². The first kappa shape index (κ1) is 9.47. The number of hydrogen-bond donors (Lipinski definition) is 1. The fourth-order valence-electron chi connectivity index (χ4n) is 2.88. The van der Waals surface area contributed by atoms with Crippen LogP contribution in [0.3, 0.4) is 0 Å². The summed E-state index contributed by atoms with van der Waals surface area (Å²) < 4.78 is 6.07. The molecule has 0 saturated carbocycles. The first-order chi connectivity index (χ1) is 5.81. The van der Waals surface area contributed by atoms with E-state index in [1.54, 1.807) is 0 Å².